The fourth-order valence-corrected chi connectivity index (χ4v) is 2.13. The molecule has 0 aliphatic carbocycles. The maximum Gasteiger partial charge on any atom is 0.411 e. The van der Waals surface area contributed by atoms with Gasteiger partial charge in [0, 0.05) is 17.8 Å². The Morgan fingerprint density at radius 3 is 2.71 bits per heavy atom. The Labute approximate surface area is 140 Å². The SMILES string of the molecule is CCc1cc[n+](CCOC(=O)Nc2ccc(C)c(N=C=O)c2)cc1. The molecule has 6 nitrogen and oxygen atoms in total. The van der Waals surface area contributed by atoms with Crippen molar-refractivity contribution in [3.8, 4) is 0 Å². The zero-order valence-electron chi connectivity index (χ0n) is 13.8. The molecule has 0 spiro atoms. The van der Waals surface area contributed by atoms with E-state index < -0.39 is 6.09 Å². The highest BCUT2D eigenvalue weighted by molar-refractivity contribution is 5.85. The molecule has 0 bridgehead atoms. The molecule has 0 aliphatic heterocycles. The van der Waals surface area contributed by atoms with E-state index in [0.29, 0.717) is 17.9 Å². The fourth-order valence-electron chi connectivity index (χ4n) is 2.13. The number of aromatic nitrogens is 1. The third kappa shape index (κ3) is 5.04. The summed E-state index contributed by atoms with van der Waals surface area (Å²) in [6, 6.07) is 9.16. The van der Waals surface area contributed by atoms with Gasteiger partial charge in [-0.25, -0.2) is 14.2 Å². The van der Waals surface area contributed by atoms with E-state index in [9.17, 15) is 9.59 Å². The van der Waals surface area contributed by atoms with Crippen LogP contribution < -0.4 is 9.88 Å². The van der Waals surface area contributed by atoms with Crippen LogP contribution in [0, 0.1) is 6.92 Å². The number of benzene rings is 1. The summed E-state index contributed by atoms with van der Waals surface area (Å²) >= 11 is 0. The number of isocyanates is 1. The van der Waals surface area contributed by atoms with Gasteiger partial charge in [-0.05, 0) is 36.6 Å². The number of nitrogens with one attached hydrogen (secondary N) is 1. The van der Waals surface area contributed by atoms with Gasteiger partial charge in [0.2, 0.25) is 6.08 Å². The van der Waals surface area contributed by atoms with Crippen LogP contribution in [-0.2, 0) is 22.5 Å². The van der Waals surface area contributed by atoms with Crippen molar-refractivity contribution in [2.45, 2.75) is 26.8 Å². The summed E-state index contributed by atoms with van der Waals surface area (Å²) in [5.41, 5.74) is 3.07. The molecule has 0 atom stereocenters. The summed E-state index contributed by atoms with van der Waals surface area (Å²) in [6.45, 7) is 4.75. The molecule has 6 heteroatoms. The van der Waals surface area contributed by atoms with Crippen molar-refractivity contribution in [3.63, 3.8) is 0 Å². The summed E-state index contributed by atoms with van der Waals surface area (Å²) in [7, 11) is 0. The Balaban J connectivity index is 1.84. The van der Waals surface area contributed by atoms with Crippen molar-refractivity contribution in [2.75, 3.05) is 11.9 Å². The number of pyridine rings is 1. The molecule has 0 saturated heterocycles. The maximum atomic E-state index is 11.8. The summed E-state index contributed by atoms with van der Waals surface area (Å²) in [6.07, 6.45) is 5.86. The smallest absolute Gasteiger partial charge is 0.411 e. The fraction of sp³-hybridized carbons (Fsp3) is 0.278. The standard InChI is InChI=1S/C18H19N3O3/c1-3-15-6-8-21(9-7-15)10-11-24-18(23)20-16-5-4-14(2)17(12-16)19-13-22/h4-9,12H,3,10-11H2,1-2H3/p+1. The molecule has 1 N–H and O–H groups in total. The molecule has 124 valence electrons. The van der Waals surface area contributed by atoms with Crippen LogP contribution >= 0.6 is 0 Å². The quantitative estimate of drug-likeness (QED) is 0.504. The summed E-state index contributed by atoms with van der Waals surface area (Å²) < 4.78 is 7.11. The molecule has 1 heterocycles. The minimum absolute atomic E-state index is 0.257. The molecule has 1 amide bonds. The van der Waals surface area contributed by atoms with Gasteiger partial charge in [-0.2, -0.15) is 4.99 Å². The van der Waals surface area contributed by atoms with E-state index in [0.717, 1.165) is 12.0 Å². The highest BCUT2D eigenvalue weighted by Gasteiger charge is 2.07. The number of carbonyl (C=O) groups excluding carboxylic acids is 2. The number of amides is 1. The van der Waals surface area contributed by atoms with Crippen LogP contribution in [0.2, 0.25) is 0 Å². The van der Waals surface area contributed by atoms with Crippen molar-refractivity contribution >= 4 is 23.5 Å². The molecule has 0 saturated carbocycles. The number of aryl methyl sites for hydroxylation is 2. The lowest BCUT2D eigenvalue weighted by atomic mass is 10.2. The van der Waals surface area contributed by atoms with Crippen LogP contribution in [0.4, 0.5) is 16.2 Å². The number of hydrogen-bond donors (Lipinski definition) is 1. The van der Waals surface area contributed by atoms with Crippen LogP contribution in [0.25, 0.3) is 0 Å². The Morgan fingerprint density at radius 1 is 1.29 bits per heavy atom. The zero-order valence-corrected chi connectivity index (χ0v) is 13.8. The third-order valence-corrected chi connectivity index (χ3v) is 3.57. The zero-order chi connectivity index (χ0) is 17.4. The highest BCUT2D eigenvalue weighted by Crippen LogP contribution is 2.22. The largest absolute Gasteiger partial charge is 0.443 e. The first-order valence-electron chi connectivity index (χ1n) is 7.72. The van der Waals surface area contributed by atoms with Gasteiger partial charge in [0.25, 0.3) is 0 Å². The highest BCUT2D eigenvalue weighted by atomic mass is 16.5. The van der Waals surface area contributed by atoms with Crippen molar-refractivity contribution in [3.05, 3.63) is 53.9 Å². The Hall–Kier alpha value is -2.98. The van der Waals surface area contributed by atoms with Crippen LogP contribution in [0.1, 0.15) is 18.1 Å². The van der Waals surface area contributed by atoms with E-state index in [1.807, 2.05) is 36.0 Å². The van der Waals surface area contributed by atoms with Crippen molar-refractivity contribution in [1.82, 2.24) is 0 Å². The average molecular weight is 326 g/mol. The van der Waals surface area contributed by atoms with Gasteiger partial charge in [-0.3, -0.25) is 5.32 Å². The Kier molecular flexibility index (Phi) is 6.23. The van der Waals surface area contributed by atoms with Crippen LogP contribution in [0.5, 0.6) is 0 Å². The first kappa shape index (κ1) is 17.4. The second-order valence-corrected chi connectivity index (χ2v) is 5.26. The Bertz CT molecular complexity index is 751. The molecule has 0 radical (unpaired) electrons. The van der Waals surface area contributed by atoms with Crippen LogP contribution in [0.15, 0.2) is 47.7 Å². The molecular formula is C18H20N3O3+. The number of ether oxygens (including phenoxy) is 1. The minimum Gasteiger partial charge on any atom is -0.443 e. The second kappa shape index (κ2) is 8.60. The average Bonchev–Trinajstić information content (AvgIpc) is 2.59. The lowest BCUT2D eigenvalue weighted by Gasteiger charge is -2.07. The topological polar surface area (TPSA) is 71.6 Å². The molecule has 24 heavy (non-hydrogen) atoms. The molecule has 1 aromatic carbocycles. The summed E-state index contributed by atoms with van der Waals surface area (Å²) in [5.74, 6) is 0. The van der Waals surface area contributed by atoms with Crippen LogP contribution in [0.3, 0.4) is 0 Å². The summed E-state index contributed by atoms with van der Waals surface area (Å²) in [4.78, 5) is 25.8. The number of anilines is 1. The van der Waals surface area contributed by atoms with E-state index in [1.165, 1.54) is 11.6 Å². The lowest BCUT2D eigenvalue weighted by Crippen LogP contribution is -2.36. The van der Waals surface area contributed by atoms with Crippen molar-refractivity contribution in [2.24, 2.45) is 4.99 Å². The minimum atomic E-state index is -0.550. The van der Waals surface area contributed by atoms with Gasteiger partial charge in [-0.15, -0.1) is 0 Å². The van der Waals surface area contributed by atoms with Gasteiger partial charge in [0.15, 0.2) is 25.5 Å². The van der Waals surface area contributed by atoms with E-state index in [1.54, 1.807) is 18.2 Å². The maximum absolute atomic E-state index is 11.8. The van der Waals surface area contributed by atoms with Gasteiger partial charge < -0.3 is 4.74 Å². The number of rotatable bonds is 6. The monoisotopic (exact) mass is 326 g/mol. The molecule has 2 rings (SSSR count). The third-order valence-electron chi connectivity index (χ3n) is 3.57. The van der Waals surface area contributed by atoms with Crippen molar-refractivity contribution in [1.29, 1.82) is 0 Å². The predicted octanol–water partition coefficient (Wildman–Crippen LogP) is 3.06. The van der Waals surface area contributed by atoms with E-state index in [-0.39, 0.29) is 6.61 Å². The van der Waals surface area contributed by atoms with Gasteiger partial charge in [-0.1, -0.05) is 13.0 Å². The molecule has 0 aliphatic rings. The van der Waals surface area contributed by atoms with Gasteiger partial charge >= 0.3 is 6.09 Å². The second-order valence-electron chi connectivity index (χ2n) is 5.26. The molecular weight excluding hydrogens is 306 g/mol. The lowest BCUT2D eigenvalue weighted by molar-refractivity contribution is -0.697. The first-order valence-corrected chi connectivity index (χ1v) is 7.72. The molecule has 0 fully saturated rings. The predicted molar refractivity (Wildman–Crippen MR) is 89.9 cm³/mol. The molecule has 0 unspecified atom stereocenters. The molecule has 1 aromatic heterocycles. The van der Waals surface area contributed by atoms with E-state index in [4.69, 9.17) is 4.74 Å². The number of aliphatic imine (C=N–C) groups is 1. The Morgan fingerprint density at radius 2 is 2.04 bits per heavy atom. The van der Waals surface area contributed by atoms with E-state index >= 15 is 0 Å². The first-order chi connectivity index (χ1) is 11.6. The van der Waals surface area contributed by atoms with Gasteiger partial charge in [0.1, 0.15) is 0 Å². The normalized spacial score (nSPS) is 9.92. The van der Waals surface area contributed by atoms with Gasteiger partial charge in [0.05, 0.1) is 5.69 Å². The van der Waals surface area contributed by atoms with Crippen molar-refractivity contribution < 1.29 is 18.9 Å². The number of hydrogen-bond acceptors (Lipinski definition) is 4. The number of nitrogens with zero attached hydrogens (tertiary/aromatic N) is 2. The van der Waals surface area contributed by atoms with Crippen LogP contribution in [-0.4, -0.2) is 18.8 Å². The van der Waals surface area contributed by atoms with E-state index in [2.05, 4.69) is 17.2 Å². The summed E-state index contributed by atoms with van der Waals surface area (Å²) in [5, 5.41) is 2.61. The molecule has 2 aromatic rings. The number of carbonyl (C=O) groups is 1.